The van der Waals surface area contributed by atoms with Gasteiger partial charge in [-0.25, -0.2) is 14.3 Å². The first kappa shape index (κ1) is 15.3. The van der Waals surface area contributed by atoms with Crippen LogP contribution in [0.5, 0.6) is 0 Å². The molecule has 122 valence electrons. The van der Waals surface area contributed by atoms with Crippen LogP contribution >= 0.6 is 0 Å². The van der Waals surface area contributed by atoms with Gasteiger partial charge >= 0.3 is 5.97 Å². The molecule has 0 radical (unpaired) electrons. The molecule has 3 aromatic rings. The highest BCUT2D eigenvalue weighted by atomic mass is 16.4. The van der Waals surface area contributed by atoms with Crippen molar-refractivity contribution in [3.05, 3.63) is 54.2 Å². The Hall–Kier alpha value is -3.56. The van der Waals surface area contributed by atoms with E-state index < -0.39 is 5.97 Å². The number of aromatic nitrogens is 6. The maximum Gasteiger partial charge on any atom is 0.325 e. The molecule has 3 heterocycles. The zero-order chi connectivity index (χ0) is 16.9. The maximum atomic E-state index is 12.2. The number of nitrogens with zero attached hydrogens (tertiary/aromatic N) is 6. The van der Waals surface area contributed by atoms with Crippen LogP contribution in [-0.4, -0.2) is 46.7 Å². The van der Waals surface area contributed by atoms with Crippen molar-refractivity contribution in [3.8, 4) is 5.82 Å². The molecule has 24 heavy (non-hydrogen) atoms. The van der Waals surface area contributed by atoms with Crippen molar-refractivity contribution in [2.75, 3.05) is 0 Å². The summed E-state index contributed by atoms with van der Waals surface area (Å²) in [6, 6.07) is 6.79. The highest BCUT2D eigenvalue weighted by Crippen LogP contribution is 2.04. The van der Waals surface area contributed by atoms with Crippen LogP contribution in [0.1, 0.15) is 16.2 Å². The number of pyridine rings is 1. The van der Waals surface area contributed by atoms with E-state index in [1.165, 1.54) is 10.9 Å². The number of carboxylic acid groups (broad SMARTS) is 1. The molecule has 0 bridgehead atoms. The molecule has 0 atom stereocenters. The van der Waals surface area contributed by atoms with Gasteiger partial charge in [-0.15, -0.1) is 5.10 Å². The van der Waals surface area contributed by atoms with E-state index >= 15 is 0 Å². The Morgan fingerprint density at radius 1 is 1.25 bits per heavy atom. The highest BCUT2D eigenvalue weighted by molar-refractivity contribution is 5.92. The fourth-order valence-corrected chi connectivity index (χ4v) is 1.98. The minimum atomic E-state index is -1.02. The molecule has 0 aliphatic carbocycles. The molecule has 0 aliphatic rings. The van der Waals surface area contributed by atoms with E-state index in [0.717, 1.165) is 0 Å². The van der Waals surface area contributed by atoms with Crippen molar-refractivity contribution in [3.63, 3.8) is 0 Å². The van der Waals surface area contributed by atoms with Gasteiger partial charge in [-0.1, -0.05) is 11.3 Å². The molecule has 3 rings (SSSR count). The summed E-state index contributed by atoms with van der Waals surface area (Å²) in [5.74, 6) is -0.869. The molecule has 0 saturated carbocycles. The Labute approximate surface area is 135 Å². The Morgan fingerprint density at radius 3 is 2.88 bits per heavy atom. The number of hydrogen-bond donors (Lipinski definition) is 2. The monoisotopic (exact) mass is 327 g/mol. The quantitative estimate of drug-likeness (QED) is 0.645. The minimum Gasteiger partial charge on any atom is -0.480 e. The van der Waals surface area contributed by atoms with Crippen LogP contribution in [0.2, 0.25) is 0 Å². The van der Waals surface area contributed by atoms with E-state index in [1.54, 1.807) is 41.3 Å². The van der Waals surface area contributed by atoms with Gasteiger partial charge in [0.25, 0.3) is 5.91 Å². The minimum absolute atomic E-state index is 0.117. The summed E-state index contributed by atoms with van der Waals surface area (Å²) in [4.78, 5) is 27.0. The third-order valence-corrected chi connectivity index (χ3v) is 3.02. The summed E-state index contributed by atoms with van der Waals surface area (Å²) in [5.41, 5.74) is 0.689. The van der Waals surface area contributed by atoms with Crippen LogP contribution in [0.4, 0.5) is 0 Å². The lowest BCUT2D eigenvalue weighted by atomic mass is 10.3. The normalized spacial score (nSPS) is 10.5. The molecule has 0 aliphatic heterocycles. The van der Waals surface area contributed by atoms with E-state index in [0.29, 0.717) is 11.5 Å². The summed E-state index contributed by atoms with van der Waals surface area (Å²) >= 11 is 0. The molecule has 3 aromatic heterocycles. The number of rotatable bonds is 6. The standard InChI is InChI=1S/C14H13N7O3/c22-13(23)9-20-8-10(18-19-20)7-15-14(24)11-3-1-4-12(17-11)21-6-2-5-16-21/h1-6,8H,7,9H2,(H,15,24)(H,22,23). The molecule has 10 heteroatoms. The van der Waals surface area contributed by atoms with Crippen molar-refractivity contribution in [2.24, 2.45) is 0 Å². The van der Waals surface area contributed by atoms with Crippen LogP contribution in [-0.2, 0) is 17.9 Å². The van der Waals surface area contributed by atoms with Crippen LogP contribution in [0.25, 0.3) is 5.82 Å². The van der Waals surface area contributed by atoms with Crippen molar-refractivity contribution in [1.82, 2.24) is 35.1 Å². The average molecular weight is 327 g/mol. The predicted octanol–water partition coefficient (Wildman–Crippen LogP) is -0.127. The second-order valence-electron chi connectivity index (χ2n) is 4.82. The molecule has 0 spiro atoms. The topological polar surface area (TPSA) is 128 Å². The summed E-state index contributed by atoms with van der Waals surface area (Å²) in [6.45, 7) is -0.166. The number of carbonyl (C=O) groups is 2. The molecule has 0 saturated heterocycles. The highest BCUT2D eigenvalue weighted by Gasteiger charge is 2.10. The van der Waals surface area contributed by atoms with Gasteiger partial charge in [0.2, 0.25) is 0 Å². The molecular formula is C14H13N7O3. The van der Waals surface area contributed by atoms with E-state index in [2.05, 4.69) is 25.7 Å². The van der Waals surface area contributed by atoms with E-state index in [-0.39, 0.29) is 24.7 Å². The number of carbonyl (C=O) groups excluding carboxylic acids is 1. The van der Waals surface area contributed by atoms with Crippen LogP contribution < -0.4 is 5.32 Å². The first-order valence-corrected chi connectivity index (χ1v) is 6.98. The lowest BCUT2D eigenvalue weighted by Crippen LogP contribution is -2.24. The van der Waals surface area contributed by atoms with Gasteiger partial charge in [0, 0.05) is 12.4 Å². The van der Waals surface area contributed by atoms with Crippen molar-refractivity contribution < 1.29 is 14.7 Å². The first-order valence-electron chi connectivity index (χ1n) is 6.98. The summed E-state index contributed by atoms with van der Waals surface area (Å²) in [7, 11) is 0. The SMILES string of the molecule is O=C(O)Cn1cc(CNC(=O)c2cccc(-n3cccn3)n2)nn1. The van der Waals surface area contributed by atoms with Gasteiger partial charge in [0.15, 0.2) is 5.82 Å². The number of carboxylic acids is 1. The molecule has 0 fully saturated rings. The molecule has 0 unspecified atom stereocenters. The fourth-order valence-electron chi connectivity index (χ4n) is 1.98. The van der Waals surface area contributed by atoms with Crippen LogP contribution in [0, 0.1) is 0 Å². The Kier molecular flexibility index (Phi) is 4.27. The van der Waals surface area contributed by atoms with Crippen molar-refractivity contribution in [1.29, 1.82) is 0 Å². The van der Waals surface area contributed by atoms with Crippen molar-refractivity contribution in [2.45, 2.75) is 13.1 Å². The number of amides is 1. The van der Waals surface area contributed by atoms with Crippen molar-refractivity contribution >= 4 is 11.9 Å². The van der Waals surface area contributed by atoms with Gasteiger partial charge in [-0.2, -0.15) is 5.10 Å². The van der Waals surface area contributed by atoms with Gasteiger partial charge in [-0.05, 0) is 18.2 Å². The summed E-state index contributed by atoms with van der Waals surface area (Å²) in [6.07, 6.45) is 4.81. The van der Waals surface area contributed by atoms with Gasteiger partial charge in [-0.3, -0.25) is 9.59 Å². The lowest BCUT2D eigenvalue weighted by molar-refractivity contribution is -0.137. The van der Waals surface area contributed by atoms with Gasteiger partial charge in [0.05, 0.1) is 12.7 Å². The molecular weight excluding hydrogens is 314 g/mol. The first-order chi connectivity index (χ1) is 11.6. The Morgan fingerprint density at radius 2 is 2.12 bits per heavy atom. The largest absolute Gasteiger partial charge is 0.480 e. The van der Waals surface area contributed by atoms with Crippen LogP contribution in [0.3, 0.4) is 0 Å². The van der Waals surface area contributed by atoms with E-state index in [9.17, 15) is 9.59 Å². The summed E-state index contributed by atoms with van der Waals surface area (Å²) < 4.78 is 2.73. The van der Waals surface area contributed by atoms with Crippen LogP contribution in [0.15, 0.2) is 42.9 Å². The second kappa shape index (κ2) is 6.69. The third kappa shape index (κ3) is 3.61. The van der Waals surface area contributed by atoms with Gasteiger partial charge in [0.1, 0.15) is 17.9 Å². The molecule has 2 N–H and O–H groups in total. The Bertz CT molecular complexity index is 857. The number of hydrogen-bond acceptors (Lipinski definition) is 6. The van der Waals surface area contributed by atoms with E-state index in [4.69, 9.17) is 5.11 Å². The molecule has 0 aromatic carbocycles. The zero-order valence-electron chi connectivity index (χ0n) is 12.4. The summed E-state index contributed by atoms with van der Waals surface area (Å²) in [5, 5.41) is 22.8. The number of aliphatic carboxylic acids is 1. The van der Waals surface area contributed by atoms with Gasteiger partial charge < -0.3 is 10.4 Å². The lowest BCUT2D eigenvalue weighted by Gasteiger charge is -2.05. The molecule has 1 amide bonds. The zero-order valence-corrected chi connectivity index (χ0v) is 12.4. The predicted molar refractivity (Wildman–Crippen MR) is 80.2 cm³/mol. The fraction of sp³-hybridized carbons (Fsp3) is 0.143. The Balaban J connectivity index is 1.64. The third-order valence-electron chi connectivity index (χ3n) is 3.02. The average Bonchev–Trinajstić information content (AvgIpc) is 3.24. The molecule has 10 nitrogen and oxygen atoms in total. The second-order valence-corrected chi connectivity index (χ2v) is 4.82. The smallest absolute Gasteiger partial charge is 0.325 e. The number of nitrogens with one attached hydrogen (secondary N) is 1. The maximum absolute atomic E-state index is 12.2. The van der Waals surface area contributed by atoms with E-state index in [1.807, 2.05) is 0 Å².